The molecule has 0 aromatic heterocycles. The number of ether oxygens (including phenoxy) is 1. The predicted molar refractivity (Wildman–Crippen MR) is 122 cm³/mol. The highest BCUT2D eigenvalue weighted by Gasteiger charge is 2.27. The van der Waals surface area contributed by atoms with Crippen LogP contribution in [0, 0.1) is 6.07 Å². The third kappa shape index (κ3) is 5.71. The van der Waals surface area contributed by atoms with E-state index in [1.165, 1.54) is 0 Å². The molecular weight excluding hydrogens is 390 g/mol. The van der Waals surface area contributed by atoms with Crippen LogP contribution in [0.15, 0.2) is 42.5 Å². The number of hydrogen-bond acceptors (Lipinski definition) is 4. The van der Waals surface area contributed by atoms with Gasteiger partial charge in [-0.1, -0.05) is 24.3 Å². The molecule has 3 rings (SSSR count). The molecular formula is C25H32N3O3. The standard InChI is InChI=1S/C25H32N3O3/c1-18-16-28(17-19(2)31-18)24(29)21-10-8-9-20(15-21)22-11-6-7-12-23(22)25(30)27(5)14-13-26(3)4/h6-10,12,15,18-19H,13-14,16-17H2,1-5H3. The van der Waals surface area contributed by atoms with Gasteiger partial charge in [0.1, 0.15) is 0 Å². The number of morpholine rings is 1. The molecule has 0 saturated carbocycles. The molecule has 2 aromatic rings. The number of hydrogen-bond donors (Lipinski definition) is 0. The van der Waals surface area contributed by atoms with Crippen LogP contribution in [0.4, 0.5) is 0 Å². The van der Waals surface area contributed by atoms with Crippen LogP contribution in [0.1, 0.15) is 34.6 Å². The Kier molecular flexibility index (Phi) is 7.46. The van der Waals surface area contributed by atoms with E-state index in [9.17, 15) is 9.59 Å². The van der Waals surface area contributed by atoms with E-state index in [4.69, 9.17) is 4.74 Å². The zero-order valence-corrected chi connectivity index (χ0v) is 19.1. The number of carbonyl (C=O) groups excluding carboxylic acids is 2. The first kappa shape index (κ1) is 23.0. The summed E-state index contributed by atoms with van der Waals surface area (Å²) in [4.78, 5) is 31.8. The smallest absolute Gasteiger partial charge is 0.254 e. The Morgan fingerprint density at radius 1 is 1.06 bits per heavy atom. The van der Waals surface area contributed by atoms with E-state index in [-0.39, 0.29) is 24.0 Å². The molecule has 1 aliphatic rings. The van der Waals surface area contributed by atoms with Crippen molar-refractivity contribution in [3.63, 3.8) is 0 Å². The third-order valence-electron chi connectivity index (χ3n) is 5.42. The monoisotopic (exact) mass is 422 g/mol. The molecule has 2 amide bonds. The average molecular weight is 423 g/mol. The molecule has 165 valence electrons. The zero-order valence-electron chi connectivity index (χ0n) is 19.1. The van der Waals surface area contributed by atoms with Crippen molar-refractivity contribution >= 4 is 11.8 Å². The first-order chi connectivity index (χ1) is 14.8. The summed E-state index contributed by atoms with van der Waals surface area (Å²) in [6, 6.07) is 16.1. The van der Waals surface area contributed by atoms with Crippen molar-refractivity contribution in [1.82, 2.24) is 14.7 Å². The highest BCUT2D eigenvalue weighted by Crippen LogP contribution is 2.26. The minimum Gasteiger partial charge on any atom is -0.372 e. The average Bonchev–Trinajstić information content (AvgIpc) is 2.75. The second-order valence-electron chi connectivity index (χ2n) is 8.54. The lowest BCUT2D eigenvalue weighted by Gasteiger charge is -2.35. The number of likely N-dealkylation sites (N-methyl/N-ethyl adjacent to an activating group) is 2. The third-order valence-corrected chi connectivity index (χ3v) is 5.42. The van der Waals surface area contributed by atoms with Gasteiger partial charge in [-0.15, -0.1) is 0 Å². The van der Waals surface area contributed by atoms with Crippen LogP contribution in [0.3, 0.4) is 0 Å². The van der Waals surface area contributed by atoms with E-state index in [0.717, 1.165) is 12.1 Å². The number of amides is 2. The van der Waals surface area contributed by atoms with E-state index in [1.54, 1.807) is 11.0 Å². The molecule has 1 saturated heterocycles. The molecule has 1 radical (unpaired) electrons. The Morgan fingerprint density at radius 2 is 1.77 bits per heavy atom. The Morgan fingerprint density at radius 3 is 2.45 bits per heavy atom. The number of benzene rings is 2. The van der Waals surface area contributed by atoms with E-state index < -0.39 is 0 Å². The first-order valence-electron chi connectivity index (χ1n) is 10.7. The Bertz CT molecular complexity index is 918. The molecule has 1 fully saturated rings. The predicted octanol–water partition coefficient (Wildman–Crippen LogP) is 3.04. The van der Waals surface area contributed by atoms with Crippen LogP contribution >= 0.6 is 0 Å². The highest BCUT2D eigenvalue weighted by molar-refractivity contribution is 6.01. The van der Waals surface area contributed by atoms with Crippen molar-refractivity contribution in [2.75, 3.05) is 47.3 Å². The van der Waals surface area contributed by atoms with Gasteiger partial charge in [0.15, 0.2) is 0 Å². The van der Waals surface area contributed by atoms with Gasteiger partial charge in [-0.3, -0.25) is 9.59 Å². The molecule has 0 bridgehead atoms. The van der Waals surface area contributed by atoms with Gasteiger partial charge in [-0.05, 0) is 57.8 Å². The second kappa shape index (κ2) is 10.1. The normalized spacial score (nSPS) is 18.8. The molecule has 0 spiro atoms. The van der Waals surface area contributed by atoms with E-state index in [2.05, 4.69) is 6.07 Å². The molecule has 2 unspecified atom stereocenters. The molecule has 31 heavy (non-hydrogen) atoms. The van der Waals surface area contributed by atoms with Crippen molar-refractivity contribution in [3.8, 4) is 11.1 Å². The maximum atomic E-state index is 13.1. The van der Waals surface area contributed by atoms with Gasteiger partial charge < -0.3 is 19.4 Å². The maximum Gasteiger partial charge on any atom is 0.254 e. The van der Waals surface area contributed by atoms with E-state index in [1.807, 2.05) is 81.2 Å². The fourth-order valence-corrected chi connectivity index (χ4v) is 3.85. The lowest BCUT2D eigenvalue weighted by Crippen LogP contribution is -2.48. The topological polar surface area (TPSA) is 53.1 Å². The highest BCUT2D eigenvalue weighted by atomic mass is 16.5. The van der Waals surface area contributed by atoms with Crippen LogP contribution in [0.25, 0.3) is 11.1 Å². The van der Waals surface area contributed by atoms with Crippen molar-refractivity contribution in [3.05, 3.63) is 59.7 Å². The molecule has 1 heterocycles. The SMILES string of the molecule is CC1CN(C(=O)c2cccc(-c3[c]cccc3C(=O)N(C)CCN(C)C)c2)CC(C)O1. The number of rotatable bonds is 6. The van der Waals surface area contributed by atoms with Gasteiger partial charge in [-0.25, -0.2) is 0 Å². The molecule has 2 aromatic carbocycles. The molecule has 1 aliphatic heterocycles. The molecule has 6 nitrogen and oxygen atoms in total. The fourth-order valence-electron chi connectivity index (χ4n) is 3.85. The van der Waals surface area contributed by atoms with Gasteiger partial charge in [0.2, 0.25) is 0 Å². The van der Waals surface area contributed by atoms with Crippen LogP contribution < -0.4 is 0 Å². The molecule has 6 heteroatoms. The van der Waals surface area contributed by atoms with Gasteiger partial charge in [0.25, 0.3) is 11.8 Å². The van der Waals surface area contributed by atoms with Crippen LogP contribution in [0.2, 0.25) is 0 Å². The second-order valence-corrected chi connectivity index (χ2v) is 8.54. The largest absolute Gasteiger partial charge is 0.372 e. The number of nitrogens with zero attached hydrogens (tertiary/aromatic N) is 3. The number of carbonyl (C=O) groups is 2. The molecule has 2 atom stereocenters. The van der Waals surface area contributed by atoms with Crippen molar-refractivity contribution in [1.29, 1.82) is 0 Å². The summed E-state index contributed by atoms with van der Waals surface area (Å²) in [6.07, 6.45) is 0.0283. The zero-order chi connectivity index (χ0) is 22.5. The van der Waals surface area contributed by atoms with Gasteiger partial charge >= 0.3 is 0 Å². The van der Waals surface area contributed by atoms with Crippen LogP contribution in [-0.4, -0.2) is 86.0 Å². The molecule has 0 N–H and O–H groups in total. The van der Waals surface area contributed by atoms with E-state index >= 15 is 0 Å². The summed E-state index contributed by atoms with van der Waals surface area (Å²) in [5, 5.41) is 0. The Balaban J connectivity index is 1.86. The van der Waals surface area contributed by atoms with Crippen molar-refractivity contribution in [2.24, 2.45) is 0 Å². The van der Waals surface area contributed by atoms with Gasteiger partial charge in [-0.2, -0.15) is 0 Å². The Labute approximate surface area is 185 Å². The van der Waals surface area contributed by atoms with E-state index in [0.29, 0.717) is 36.3 Å². The Hall–Kier alpha value is -2.70. The summed E-state index contributed by atoms with van der Waals surface area (Å²) in [5.74, 6) is -0.0722. The van der Waals surface area contributed by atoms with Crippen molar-refractivity contribution in [2.45, 2.75) is 26.1 Å². The van der Waals surface area contributed by atoms with Gasteiger partial charge in [0, 0.05) is 49.9 Å². The summed E-state index contributed by atoms with van der Waals surface area (Å²) in [6.45, 7) is 6.53. The summed E-state index contributed by atoms with van der Waals surface area (Å²) >= 11 is 0. The minimum absolute atomic E-state index is 0.0141. The first-order valence-corrected chi connectivity index (χ1v) is 10.7. The quantitative estimate of drug-likeness (QED) is 0.718. The van der Waals surface area contributed by atoms with Crippen molar-refractivity contribution < 1.29 is 14.3 Å². The molecule has 0 aliphatic carbocycles. The fraction of sp³-hybridized carbons (Fsp3) is 0.440. The van der Waals surface area contributed by atoms with Crippen LogP contribution in [0.5, 0.6) is 0 Å². The maximum absolute atomic E-state index is 13.1. The summed E-state index contributed by atoms with van der Waals surface area (Å²) in [7, 11) is 5.78. The minimum atomic E-state index is -0.0544. The lowest BCUT2D eigenvalue weighted by molar-refractivity contribution is -0.0586. The van der Waals surface area contributed by atoms with Gasteiger partial charge in [0.05, 0.1) is 12.2 Å². The lowest BCUT2D eigenvalue weighted by atomic mass is 9.97. The summed E-state index contributed by atoms with van der Waals surface area (Å²) in [5.41, 5.74) is 2.71. The van der Waals surface area contributed by atoms with Crippen LogP contribution in [-0.2, 0) is 4.74 Å². The summed E-state index contributed by atoms with van der Waals surface area (Å²) < 4.78 is 5.75.